The van der Waals surface area contributed by atoms with E-state index in [1.165, 1.54) is 0 Å². The summed E-state index contributed by atoms with van der Waals surface area (Å²) < 4.78 is 0. The highest BCUT2D eigenvalue weighted by Crippen LogP contribution is 2.22. The number of benzene rings is 1. The lowest BCUT2D eigenvalue weighted by molar-refractivity contribution is -0.123. The highest BCUT2D eigenvalue weighted by atomic mass is 16.2. The second-order valence-electron chi connectivity index (χ2n) is 5.77. The molecule has 1 aromatic carbocycles. The standard InChI is InChI=1S/C16H19N5O2/c1-16(15(17)23,10-5-3-2-4-6-10)19-14(22)13-11-9-18-8-7-12(11)20-21-13/h2-6,18H,7-9H2,1H3,(H2,17,23)(H,19,22)(H,20,21). The topological polar surface area (TPSA) is 113 Å². The fourth-order valence-corrected chi connectivity index (χ4v) is 2.75. The Morgan fingerprint density at radius 1 is 1.30 bits per heavy atom. The molecule has 7 heteroatoms. The number of carbonyl (C=O) groups is 2. The predicted molar refractivity (Wildman–Crippen MR) is 84.5 cm³/mol. The first kappa shape index (κ1) is 15.2. The minimum Gasteiger partial charge on any atom is -0.367 e. The van der Waals surface area contributed by atoms with Gasteiger partial charge in [0.05, 0.1) is 0 Å². The summed E-state index contributed by atoms with van der Waals surface area (Å²) in [5.74, 6) is -1.05. The molecule has 2 aromatic rings. The molecule has 1 unspecified atom stereocenters. The van der Waals surface area contributed by atoms with Gasteiger partial charge in [-0.3, -0.25) is 14.7 Å². The fraction of sp³-hybridized carbons (Fsp3) is 0.312. The summed E-state index contributed by atoms with van der Waals surface area (Å²) in [5, 5.41) is 12.9. The molecule has 3 rings (SSSR count). The Morgan fingerprint density at radius 3 is 2.74 bits per heavy atom. The van der Waals surface area contributed by atoms with E-state index in [9.17, 15) is 9.59 Å². The maximum atomic E-state index is 12.6. The Labute approximate surface area is 133 Å². The van der Waals surface area contributed by atoms with Crippen LogP contribution < -0.4 is 16.4 Å². The van der Waals surface area contributed by atoms with Crippen LogP contribution in [0.4, 0.5) is 0 Å². The van der Waals surface area contributed by atoms with Gasteiger partial charge in [0.15, 0.2) is 5.69 Å². The molecule has 23 heavy (non-hydrogen) atoms. The molecule has 5 N–H and O–H groups in total. The lowest BCUT2D eigenvalue weighted by Gasteiger charge is -2.28. The predicted octanol–water partition coefficient (Wildman–Crippen LogP) is 0.186. The monoisotopic (exact) mass is 313 g/mol. The molecule has 0 fully saturated rings. The largest absolute Gasteiger partial charge is 0.367 e. The van der Waals surface area contributed by atoms with E-state index >= 15 is 0 Å². The van der Waals surface area contributed by atoms with Gasteiger partial charge < -0.3 is 16.4 Å². The van der Waals surface area contributed by atoms with Gasteiger partial charge >= 0.3 is 0 Å². The lowest BCUT2D eigenvalue weighted by atomic mass is 9.91. The number of aromatic nitrogens is 2. The van der Waals surface area contributed by atoms with Crippen molar-refractivity contribution in [3.05, 3.63) is 52.8 Å². The van der Waals surface area contributed by atoms with Crippen LogP contribution >= 0.6 is 0 Å². The van der Waals surface area contributed by atoms with E-state index in [1.807, 2.05) is 6.07 Å². The van der Waals surface area contributed by atoms with Crippen molar-refractivity contribution in [1.82, 2.24) is 20.8 Å². The van der Waals surface area contributed by atoms with E-state index < -0.39 is 17.4 Å². The van der Waals surface area contributed by atoms with Crippen molar-refractivity contribution in [2.45, 2.75) is 25.4 Å². The van der Waals surface area contributed by atoms with Crippen LogP contribution in [0.1, 0.15) is 34.2 Å². The number of primary amides is 1. The lowest BCUT2D eigenvalue weighted by Crippen LogP contribution is -2.53. The summed E-state index contributed by atoms with van der Waals surface area (Å²) in [6.07, 6.45) is 0.793. The van der Waals surface area contributed by atoms with E-state index in [2.05, 4.69) is 20.8 Å². The smallest absolute Gasteiger partial charge is 0.273 e. The van der Waals surface area contributed by atoms with Crippen molar-refractivity contribution >= 4 is 11.8 Å². The molecule has 0 radical (unpaired) electrons. The molecule has 2 amide bonds. The summed E-state index contributed by atoms with van der Waals surface area (Å²) in [6.45, 7) is 3.02. The Balaban J connectivity index is 1.91. The fourth-order valence-electron chi connectivity index (χ4n) is 2.75. The zero-order valence-corrected chi connectivity index (χ0v) is 12.8. The Morgan fingerprint density at radius 2 is 2.04 bits per heavy atom. The van der Waals surface area contributed by atoms with Gasteiger partial charge in [0.2, 0.25) is 5.91 Å². The van der Waals surface area contributed by atoms with E-state index in [-0.39, 0.29) is 0 Å². The van der Waals surface area contributed by atoms with E-state index in [4.69, 9.17) is 5.73 Å². The second-order valence-corrected chi connectivity index (χ2v) is 5.77. The summed E-state index contributed by atoms with van der Waals surface area (Å²) in [4.78, 5) is 24.6. The zero-order chi connectivity index (χ0) is 16.4. The molecule has 1 aliphatic heterocycles. The summed E-state index contributed by atoms with van der Waals surface area (Å²) in [5.41, 5.74) is 6.97. The van der Waals surface area contributed by atoms with Gasteiger partial charge in [-0.2, -0.15) is 5.10 Å². The third-order valence-electron chi connectivity index (χ3n) is 4.23. The second kappa shape index (κ2) is 5.85. The number of fused-ring (bicyclic) bond motifs is 1. The van der Waals surface area contributed by atoms with Gasteiger partial charge in [-0.05, 0) is 12.5 Å². The van der Waals surface area contributed by atoms with Gasteiger partial charge in [0.25, 0.3) is 5.91 Å². The number of amides is 2. The Bertz CT molecular complexity index is 740. The van der Waals surface area contributed by atoms with Crippen LogP contribution in [0.15, 0.2) is 30.3 Å². The maximum Gasteiger partial charge on any atom is 0.273 e. The highest BCUT2D eigenvalue weighted by molar-refractivity contribution is 5.99. The first-order valence-corrected chi connectivity index (χ1v) is 7.47. The molecular formula is C16H19N5O2. The van der Waals surface area contributed by atoms with Crippen molar-refractivity contribution in [3.63, 3.8) is 0 Å². The normalized spacial score (nSPS) is 16.2. The molecule has 7 nitrogen and oxygen atoms in total. The van der Waals surface area contributed by atoms with Crippen LogP contribution in [-0.4, -0.2) is 28.6 Å². The molecule has 2 heterocycles. The van der Waals surface area contributed by atoms with Gasteiger partial charge in [0.1, 0.15) is 5.54 Å². The number of aromatic amines is 1. The summed E-state index contributed by atoms with van der Waals surface area (Å²) in [7, 11) is 0. The average molecular weight is 313 g/mol. The average Bonchev–Trinajstić information content (AvgIpc) is 2.99. The van der Waals surface area contributed by atoms with Crippen molar-refractivity contribution < 1.29 is 9.59 Å². The third kappa shape index (κ3) is 2.70. The molecule has 1 aromatic heterocycles. The SMILES string of the molecule is CC(NC(=O)c1n[nH]c2c1CNCC2)(C(N)=O)c1ccccc1. The molecule has 0 aliphatic carbocycles. The van der Waals surface area contributed by atoms with Crippen LogP contribution in [0.5, 0.6) is 0 Å². The molecule has 0 saturated heterocycles. The molecule has 0 spiro atoms. The number of H-pyrrole nitrogens is 1. The number of hydrogen-bond donors (Lipinski definition) is 4. The molecule has 120 valence electrons. The molecular weight excluding hydrogens is 294 g/mol. The first-order chi connectivity index (χ1) is 11.0. The molecule has 0 bridgehead atoms. The number of nitrogens with zero attached hydrogens (tertiary/aromatic N) is 1. The van der Waals surface area contributed by atoms with Crippen molar-refractivity contribution in [1.29, 1.82) is 0 Å². The third-order valence-corrected chi connectivity index (χ3v) is 4.23. The Kier molecular flexibility index (Phi) is 3.87. The van der Waals surface area contributed by atoms with E-state index in [0.29, 0.717) is 17.8 Å². The van der Waals surface area contributed by atoms with Crippen molar-refractivity contribution in [3.8, 4) is 0 Å². The summed E-state index contributed by atoms with van der Waals surface area (Å²) in [6, 6.07) is 8.94. The number of hydrogen-bond acceptors (Lipinski definition) is 4. The number of nitrogens with one attached hydrogen (secondary N) is 3. The maximum absolute atomic E-state index is 12.6. The van der Waals surface area contributed by atoms with Gasteiger partial charge in [-0.25, -0.2) is 0 Å². The molecule has 0 saturated carbocycles. The number of carbonyl (C=O) groups excluding carboxylic acids is 2. The number of nitrogens with two attached hydrogens (primary N) is 1. The quantitative estimate of drug-likeness (QED) is 0.645. The Hall–Kier alpha value is -2.67. The minimum absolute atomic E-state index is 0.301. The molecule has 1 aliphatic rings. The van der Waals surface area contributed by atoms with Gasteiger partial charge in [0, 0.05) is 30.8 Å². The molecule has 1 atom stereocenters. The van der Waals surface area contributed by atoms with Crippen molar-refractivity contribution in [2.24, 2.45) is 5.73 Å². The van der Waals surface area contributed by atoms with Crippen molar-refractivity contribution in [2.75, 3.05) is 6.54 Å². The van der Waals surface area contributed by atoms with E-state index in [1.54, 1.807) is 31.2 Å². The van der Waals surface area contributed by atoms with Crippen LogP contribution in [0, 0.1) is 0 Å². The van der Waals surface area contributed by atoms with E-state index in [0.717, 1.165) is 24.2 Å². The van der Waals surface area contributed by atoms with Crippen LogP contribution in [0.3, 0.4) is 0 Å². The first-order valence-electron chi connectivity index (χ1n) is 7.47. The zero-order valence-electron chi connectivity index (χ0n) is 12.8. The van der Waals surface area contributed by atoms with Gasteiger partial charge in [-0.1, -0.05) is 30.3 Å². The minimum atomic E-state index is -1.30. The van der Waals surface area contributed by atoms with Crippen LogP contribution in [0.2, 0.25) is 0 Å². The van der Waals surface area contributed by atoms with Crippen LogP contribution in [0.25, 0.3) is 0 Å². The summed E-state index contributed by atoms with van der Waals surface area (Å²) >= 11 is 0. The number of rotatable bonds is 4. The van der Waals surface area contributed by atoms with Gasteiger partial charge in [-0.15, -0.1) is 0 Å². The highest BCUT2D eigenvalue weighted by Gasteiger charge is 2.36. The van der Waals surface area contributed by atoms with Crippen LogP contribution in [-0.2, 0) is 23.3 Å².